The summed E-state index contributed by atoms with van der Waals surface area (Å²) in [6.45, 7) is 7.64. The largest absolute Gasteiger partial charge is 0.296 e. The molecule has 0 amide bonds. The van der Waals surface area contributed by atoms with Gasteiger partial charge in [-0.3, -0.25) is 9.59 Å². The van der Waals surface area contributed by atoms with E-state index in [0.29, 0.717) is 5.56 Å². The minimum atomic E-state index is -2.03. The van der Waals surface area contributed by atoms with Gasteiger partial charge in [-0.15, -0.1) is 0 Å². The molecule has 1 atom stereocenters. The van der Waals surface area contributed by atoms with Crippen LogP contribution in [0.3, 0.4) is 0 Å². The van der Waals surface area contributed by atoms with Crippen LogP contribution < -0.4 is 0 Å². The van der Waals surface area contributed by atoms with E-state index in [0.717, 1.165) is 24.0 Å². The van der Waals surface area contributed by atoms with Crippen LogP contribution in [0, 0.1) is 5.92 Å². The molecule has 2 nitrogen and oxygen atoms in total. The van der Waals surface area contributed by atoms with Crippen molar-refractivity contribution in [3.63, 3.8) is 0 Å². The number of carbonyl (C=O) groups is 2. The van der Waals surface area contributed by atoms with E-state index in [9.17, 15) is 14.0 Å². The van der Waals surface area contributed by atoms with Crippen molar-refractivity contribution in [1.29, 1.82) is 0 Å². The van der Waals surface area contributed by atoms with E-state index in [1.54, 1.807) is 12.1 Å². The second kappa shape index (κ2) is 7.32. The summed E-state index contributed by atoms with van der Waals surface area (Å²) in [5, 5.41) is 0. The Morgan fingerprint density at radius 2 is 1.55 bits per heavy atom. The summed E-state index contributed by atoms with van der Waals surface area (Å²) in [5.41, 5.74) is 2.30. The van der Waals surface area contributed by atoms with Gasteiger partial charge in [-0.25, -0.2) is 4.39 Å². The van der Waals surface area contributed by atoms with Gasteiger partial charge in [-0.2, -0.15) is 0 Å². The van der Waals surface area contributed by atoms with E-state index in [4.69, 9.17) is 0 Å². The van der Waals surface area contributed by atoms with Crippen molar-refractivity contribution in [2.75, 3.05) is 0 Å². The molecule has 1 unspecified atom stereocenters. The highest BCUT2D eigenvalue weighted by atomic mass is 19.1. The fourth-order valence-electron chi connectivity index (χ4n) is 2.11. The Morgan fingerprint density at radius 1 is 1.05 bits per heavy atom. The van der Waals surface area contributed by atoms with Crippen LogP contribution in [0.5, 0.6) is 0 Å². The van der Waals surface area contributed by atoms with E-state index in [1.807, 2.05) is 33.8 Å². The second-order valence-electron chi connectivity index (χ2n) is 5.54. The molecule has 1 aromatic carbocycles. The molecular weight excluding hydrogens is 255 g/mol. The van der Waals surface area contributed by atoms with Crippen molar-refractivity contribution in [3.05, 3.63) is 34.9 Å². The molecule has 0 aliphatic heterocycles. The van der Waals surface area contributed by atoms with Gasteiger partial charge in [0.25, 0.3) is 0 Å². The monoisotopic (exact) mass is 278 g/mol. The smallest absolute Gasteiger partial charge is 0.220 e. The fourth-order valence-corrected chi connectivity index (χ4v) is 2.11. The molecule has 0 saturated heterocycles. The standard InChI is InChI=1S/C17H23FO2/c1-5-12-8-13(6-2)10-14(9-12)17(20)16(18)15(19)7-11(3)4/h8-11,16H,5-7H2,1-4H3. The van der Waals surface area contributed by atoms with Crippen molar-refractivity contribution >= 4 is 11.6 Å². The van der Waals surface area contributed by atoms with Gasteiger partial charge in [0.15, 0.2) is 5.78 Å². The predicted octanol–water partition coefficient (Wildman–Crippen LogP) is 3.95. The first kappa shape index (κ1) is 16.5. The molecule has 0 spiro atoms. The van der Waals surface area contributed by atoms with Crippen LogP contribution in [0.4, 0.5) is 4.39 Å². The number of hydrogen-bond acceptors (Lipinski definition) is 2. The first-order chi connectivity index (χ1) is 9.38. The molecule has 3 heteroatoms. The van der Waals surface area contributed by atoms with E-state index >= 15 is 0 Å². The highest BCUT2D eigenvalue weighted by Gasteiger charge is 2.27. The van der Waals surface area contributed by atoms with Crippen LogP contribution in [0.25, 0.3) is 0 Å². The molecule has 20 heavy (non-hydrogen) atoms. The lowest BCUT2D eigenvalue weighted by molar-refractivity contribution is -0.122. The molecule has 0 aliphatic rings. The van der Waals surface area contributed by atoms with Crippen LogP contribution in [-0.2, 0) is 17.6 Å². The Kier molecular flexibility index (Phi) is 6.05. The van der Waals surface area contributed by atoms with E-state index in [1.165, 1.54) is 0 Å². The van der Waals surface area contributed by atoms with Gasteiger partial charge in [0.05, 0.1) is 0 Å². The molecule has 0 N–H and O–H groups in total. The summed E-state index contributed by atoms with van der Waals surface area (Å²) >= 11 is 0. The van der Waals surface area contributed by atoms with Crippen LogP contribution in [0.2, 0.25) is 0 Å². The van der Waals surface area contributed by atoms with Crippen LogP contribution in [-0.4, -0.2) is 17.7 Å². The summed E-state index contributed by atoms with van der Waals surface area (Å²) in [7, 11) is 0. The minimum absolute atomic E-state index is 0.0572. The van der Waals surface area contributed by atoms with Crippen molar-refractivity contribution in [1.82, 2.24) is 0 Å². The fraction of sp³-hybridized carbons (Fsp3) is 0.529. The van der Waals surface area contributed by atoms with Crippen molar-refractivity contribution in [3.8, 4) is 0 Å². The first-order valence-corrected chi connectivity index (χ1v) is 7.22. The number of benzene rings is 1. The van der Waals surface area contributed by atoms with Crippen molar-refractivity contribution in [2.45, 2.75) is 53.1 Å². The Bertz CT molecular complexity index is 470. The number of alkyl halides is 1. The van der Waals surface area contributed by atoms with Crippen LogP contribution in [0.1, 0.15) is 55.6 Å². The zero-order chi connectivity index (χ0) is 15.3. The first-order valence-electron chi connectivity index (χ1n) is 7.22. The zero-order valence-corrected chi connectivity index (χ0v) is 12.7. The average Bonchev–Trinajstić information content (AvgIpc) is 2.44. The number of aryl methyl sites for hydroxylation is 2. The Morgan fingerprint density at radius 3 is 1.95 bits per heavy atom. The SMILES string of the molecule is CCc1cc(CC)cc(C(=O)C(F)C(=O)CC(C)C)c1. The summed E-state index contributed by atoms with van der Waals surface area (Å²) in [6.07, 6.45) is -0.369. The maximum atomic E-state index is 14.0. The van der Waals surface area contributed by atoms with Gasteiger partial charge in [-0.1, -0.05) is 33.8 Å². The van der Waals surface area contributed by atoms with Crippen LogP contribution in [0.15, 0.2) is 18.2 Å². The third-order valence-corrected chi connectivity index (χ3v) is 3.28. The number of halogens is 1. The lowest BCUT2D eigenvalue weighted by Gasteiger charge is -2.11. The van der Waals surface area contributed by atoms with Gasteiger partial charge in [0.1, 0.15) is 0 Å². The topological polar surface area (TPSA) is 34.1 Å². The van der Waals surface area contributed by atoms with Gasteiger partial charge in [0, 0.05) is 12.0 Å². The molecule has 110 valence electrons. The highest BCUT2D eigenvalue weighted by molar-refractivity contribution is 6.13. The number of Topliss-reactive ketones (excluding diaryl/α,β-unsaturated/α-hetero) is 2. The summed E-state index contributed by atoms with van der Waals surface area (Å²) in [5.74, 6) is -1.27. The number of carbonyl (C=O) groups excluding carboxylic acids is 2. The van der Waals surface area contributed by atoms with Gasteiger partial charge in [0.2, 0.25) is 12.0 Å². The molecule has 0 saturated carbocycles. The number of rotatable bonds is 7. The minimum Gasteiger partial charge on any atom is -0.296 e. The van der Waals surface area contributed by atoms with Gasteiger partial charge < -0.3 is 0 Å². The maximum Gasteiger partial charge on any atom is 0.220 e. The van der Waals surface area contributed by atoms with E-state index < -0.39 is 17.7 Å². The number of ketones is 2. The van der Waals surface area contributed by atoms with Crippen LogP contribution >= 0.6 is 0 Å². The Hall–Kier alpha value is -1.51. The molecular formula is C17H23FO2. The lowest BCUT2D eigenvalue weighted by atomic mass is 9.95. The van der Waals surface area contributed by atoms with E-state index in [2.05, 4.69) is 0 Å². The molecule has 0 fully saturated rings. The molecule has 1 rings (SSSR count). The van der Waals surface area contributed by atoms with Gasteiger partial charge in [-0.05, 0) is 42.0 Å². The van der Waals surface area contributed by atoms with Crippen molar-refractivity contribution < 1.29 is 14.0 Å². The van der Waals surface area contributed by atoms with E-state index in [-0.39, 0.29) is 12.3 Å². The molecule has 0 heterocycles. The van der Waals surface area contributed by atoms with Gasteiger partial charge >= 0.3 is 0 Å². The molecule has 0 aromatic heterocycles. The van der Waals surface area contributed by atoms with Crippen molar-refractivity contribution in [2.24, 2.45) is 5.92 Å². The molecule has 0 aliphatic carbocycles. The summed E-state index contributed by atoms with van der Waals surface area (Å²) < 4.78 is 14.0. The second-order valence-corrected chi connectivity index (χ2v) is 5.54. The zero-order valence-electron chi connectivity index (χ0n) is 12.7. The summed E-state index contributed by atoms with van der Waals surface area (Å²) in [4.78, 5) is 23.8. The lowest BCUT2D eigenvalue weighted by Crippen LogP contribution is -2.27. The summed E-state index contributed by atoms with van der Waals surface area (Å²) in [6, 6.07) is 5.40. The normalized spacial score (nSPS) is 12.5. The average molecular weight is 278 g/mol. The highest BCUT2D eigenvalue weighted by Crippen LogP contribution is 2.17. The maximum absolute atomic E-state index is 14.0. The quantitative estimate of drug-likeness (QED) is 0.559. The third kappa shape index (κ3) is 4.26. The molecule has 0 radical (unpaired) electrons. The molecule has 1 aromatic rings. The number of hydrogen-bond donors (Lipinski definition) is 0. The molecule has 0 bridgehead atoms. The Labute approximate surface area is 120 Å². The third-order valence-electron chi connectivity index (χ3n) is 3.28. The predicted molar refractivity (Wildman–Crippen MR) is 78.9 cm³/mol. The Balaban J connectivity index is 2.99.